The monoisotopic (exact) mass is 221 g/mol. The molecule has 0 unspecified atom stereocenters. The molecule has 0 aliphatic heterocycles. The quantitative estimate of drug-likeness (QED) is 0.746. The number of hydrogen-bond donors (Lipinski definition) is 2. The van der Waals surface area contributed by atoms with Crippen LogP contribution in [0.2, 0.25) is 0 Å². The molecule has 1 aromatic heterocycles. The Labute approximate surface area is 96.3 Å². The maximum atomic E-state index is 11.7. The number of carbonyl (C=O) groups is 1. The zero-order chi connectivity index (χ0) is 12.0. The molecule has 1 rings (SSSR count). The minimum absolute atomic E-state index is 0.0756. The van der Waals surface area contributed by atoms with Crippen LogP contribution in [0.25, 0.3) is 0 Å². The number of unbranched alkanes of at least 4 members (excludes halogenated alkanes) is 2. The van der Waals surface area contributed by atoms with Gasteiger partial charge in [0, 0.05) is 17.8 Å². The fraction of sp³-hybridized carbons (Fsp3) is 0.500. The van der Waals surface area contributed by atoms with Crippen molar-refractivity contribution in [1.29, 1.82) is 0 Å². The average molecular weight is 221 g/mol. The lowest BCUT2D eigenvalue weighted by atomic mass is 10.2. The Morgan fingerprint density at radius 3 is 2.81 bits per heavy atom. The summed E-state index contributed by atoms with van der Waals surface area (Å²) in [6.07, 6.45) is 3.30. The molecule has 0 radical (unpaired) electrons. The van der Waals surface area contributed by atoms with Gasteiger partial charge < -0.3 is 11.1 Å². The first-order valence-corrected chi connectivity index (χ1v) is 5.66. The third-order valence-electron chi connectivity index (χ3n) is 2.30. The molecular formula is C12H19N3O. The molecule has 4 heteroatoms. The first-order chi connectivity index (χ1) is 7.63. The van der Waals surface area contributed by atoms with Crippen LogP contribution >= 0.6 is 0 Å². The van der Waals surface area contributed by atoms with Crippen molar-refractivity contribution in [3.05, 3.63) is 23.4 Å². The molecule has 88 valence electrons. The van der Waals surface area contributed by atoms with Gasteiger partial charge in [0.25, 0.3) is 5.91 Å². The highest BCUT2D eigenvalue weighted by atomic mass is 16.1. The second-order valence-electron chi connectivity index (χ2n) is 3.89. The molecule has 0 saturated heterocycles. The van der Waals surface area contributed by atoms with Gasteiger partial charge in [0.05, 0.1) is 0 Å². The standard InChI is InChI=1S/C12H19N3O/c1-3-4-5-6-14-12(16)10-7-9(2)15-11(13)8-10/h7-8H,3-6H2,1-2H3,(H2,13,15)(H,14,16). The molecule has 1 amide bonds. The number of hydrogen-bond acceptors (Lipinski definition) is 3. The molecular weight excluding hydrogens is 202 g/mol. The molecule has 0 fully saturated rings. The van der Waals surface area contributed by atoms with Crippen LogP contribution in [0.15, 0.2) is 12.1 Å². The number of nitrogen functional groups attached to an aromatic ring is 1. The van der Waals surface area contributed by atoms with E-state index in [1.165, 1.54) is 0 Å². The van der Waals surface area contributed by atoms with Crippen molar-refractivity contribution < 1.29 is 4.79 Å². The summed E-state index contributed by atoms with van der Waals surface area (Å²) in [5.41, 5.74) is 6.93. The Bertz CT molecular complexity index is 343. The van der Waals surface area contributed by atoms with Crippen molar-refractivity contribution in [2.24, 2.45) is 0 Å². The lowest BCUT2D eigenvalue weighted by molar-refractivity contribution is 0.0953. The van der Waals surface area contributed by atoms with Gasteiger partial charge in [-0.25, -0.2) is 4.98 Å². The highest BCUT2D eigenvalue weighted by Gasteiger charge is 2.06. The van der Waals surface area contributed by atoms with Crippen LogP contribution in [-0.2, 0) is 0 Å². The lowest BCUT2D eigenvalue weighted by Gasteiger charge is -2.06. The van der Waals surface area contributed by atoms with Gasteiger partial charge in [-0.1, -0.05) is 19.8 Å². The maximum absolute atomic E-state index is 11.7. The normalized spacial score (nSPS) is 10.1. The van der Waals surface area contributed by atoms with Gasteiger partial charge in [-0.2, -0.15) is 0 Å². The third kappa shape index (κ3) is 3.88. The van der Waals surface area contributed by atoms with Crippen LogP contribution < -0.4 is 11.1 Å². The van der Waals surface area contributed by atoms with Crippen molar-refractivity contribution in [2.75, 3.05) is 12.3 Å². The third-order valence-corrected chi connectivity index (χ3v) is 2.30. The summed E-state index contributed by atoms with van der Waals surface area (Å²) in [5, 5.41) is 2.87. The average Bonchev–Trinajstić information content (AvgIpc) is 2.22. The number of anilines is 1. The molecule has 4 nitrogen and oxygen atoms in total. The van der Waals surface area contributed by atoms with Gasteiger partial charge >= 0.3 is 0 Å². The van der Waals surface area contributed by atoms with Crippen molar-refractivity contribution in [3.8, 4) is 0 Å². The molecule has 0 aliphatic rings. The summed E-state index contributed by atoms with van der Waals surface area (Å²) in [6.45, 7) is 4.67. The summed E-state index contributed by atoms with van der Waals surface area (Å²) in [6, 6.07) is 3.34. The van der Waals surface area contributed by atoms with Crippen molar-refractivity contribution >= 4 is 11.7 Å². The SMILES string of the molecule is CCCCCNC(=O)c1cc(C)nc(N)c1. The molecule has 0 saturated carbocycles. The number of carbonyl (C=O) groups excluding carboxylic acids is 1. The zero-order valence-corrected chi connectivity index (χ0v) is 9.92. The van der Waals surface area contributed by atoms with Crippen LogP contribution in [0.1, 0.15) is 42.2 Å². The Hall–Kier alpha value is -1.58. The first kappa shape index (κ1) is 12.5. The van der Waals surface area contributed by atoms with Gasteiger partial charge in [0.2, 0.25) is 0 Å². The van der Waals surface area contributed by atoms with Crippen LogP contribution in [0, 0.1) is 6.92 Å². The van der Waals surface area contributed by atoms with Gasteiger partial charge in [0.15, 0.2) is 0 Å². The number of nitrogens with zero attached hydrogens (tertiary/aromatic N) is 1. The van der Waals surface area contributed by atoms with Crippen molar-refractivity contribution in [1.82, 2.24) is 10.3 Å². The molecule has 0 atom stereocenters. The highest BCUT2D eigenvalue weighted by molar-refractivity contribution is 5.94. The summed E-state index contributed by atoms with van der Waals surface area (Å²) < 4.78 is 0. The fourth-order valence-electron chi connectivity index (χ4n) is 1.50. The number of amides is 1. The Balaban J connectivity index is 2.52. The van der Waals surface area contributed by atoms with E-state index in [1.807, 2.05) is 6.92 Å². The lowest BCUT2D eigenvalue weighted by Crippen LogP contribution is -2.24. The van der Waals surface area contributed by atoms with E-state index in [4.69, 9.17) is 5.73 Å². The Morgan fingerprint density at radius 1 is 1.44 bits per heavy atom. The van der Waals surface area contributed by atoms with Gasteiger partial charge in [-0.3, -0.25) is 4.79 Å². The van der Waals surface area contributed by atoms with Gasteiger partial charge in [0.1, 0.15) is 5.82 Å². The number of pyridine rings is 1. The maximum Gasteiger partial charge on any atom is 0.251 e. The Morgan fingerprint density at radius 2 is 2.19 bits per heavy atom. The van der Waals surface area contributed by atoms with E-state index in [9.17, 15) is 4.79 Å². The number of rotatable bonds is 5. The summed E-state index contributed by atoms with van der Waals surface area (Å²) >= 11 is 0. The van der Waals surface area contributed by atoms with E-state index >= 15 is 0 Å². The van der Waals surface area contributed by atoms with E-state index in [2.05, 4.69) is 17.2 Å². The van der Waals surface area contributed by atoms with E-state index in [0.29, 0.717) is 17.9 Å². The van der Waals surface area contributed by atoms with Crippen LogP contribution in [0.3, 0.4) is 0 Å². The van der Waals surface area contributed by atoms with E-state index in [0.717, 1.165) is 25.0 Å². The van der Waals surface area contributed by atoms with Gasteiger partial charge in [-0.05, 0) is 25.5 Å². The minimum Gasteiger partial charge on any atom is -0.384 e. The summed E-state index contributed by atoms with van der Waals surface area (Å²) in [4.78, 5) is 15.7. The molecule has 0 bridgehead atoms. The molecule has 16 heavy (non-hydrogen) atoms. The van der Waals surface area contributed by atoms with Crippen molar-refractivity contribution in [3.63, 3.8) is 0 Å². The van der Waals surface area contributed by atoms with Crippen LogP contribution in [0.5, 0.6) is 0 Å². The van der Waals surface area contributed by atoms with E-state index in [-0.39, 0.29) is 5.91 Å². The topological polar surface area (TPSA) is 68.0 Å². The second-order valence-corrected chi connectivity index (χ2v) is 3.89. The highest BCUT2D eigenvalue weighted by Crippen LogP contribution is 2.06. The number of aryl methyl sites for hydroxylation is 1. The molecule has 0 aromatic carbocycles. The van der Waals surface area contributed by atoms with Crippen molar-refractivity contribution in [2.45, 2.75) is 33.1 Å². The minimum atomic E-state index is -0.0756. The van der Waals surface area contributed by atoms with E-state index < -0.39 is 0 Å². The Kier molecular flexibility index (Phi) is 4.76. The van der Waals surface area contributed by atoms with Crippen LogP contribution in [-0.4, -0.2) is 17.4 Å². The number of nitrogens with two attached hydrogens (primary N) is 1. The zero-order valence-electron chi connectivity index (χ0n) is 9.92. The summed E-state index contributed by atoms with van der Waals surface area (Å²) in [7, 11) is 0. The van der Waals surface area contributed by atoms with E-state index in [1.54, 1.807) is 12.1 Å². The number of aromatic nitrogens is 1. The predicted octanol–water partition coefficient (Wildman–Crippen LogP) is 1.89. The summed E-state index contributed by atoms with van der Waals surface area (Å²) in [5.74, 6) is 0.312. The first-order valence-electron chi connectivity index (χ1n) is 5.66. The molecule has 1 heterocycles. The van der Waals surface area contributed by atoms with Crippen LogP contribution in [0.4, 0.5) is 5.82 Å². The molecule has 0 aliphatic carbocycles. The molecule has 0 spiro atoms. The largest absolute Gasteiger partial charge is 0.384 e. The predicted molar refractivity (Wildman–Crippen MR) is 65.2 cm³/mol. The number of nitrogens with one attached hydrogen (secondary N) is 1. The van der Waals surface area contributed by atoms with Gasteiger partial charge in [-0.15, -0.1) is 0 Å². The molecule has 1 aromatic rings. The smallest absolute Gasteiger partial charge is 0.251 e. The molecule has 3 N–H and O–H groups in total. The fourth-order valence-corrected chi connectivity index (χ4v) is 1.50. The second kappa shape index (κ2) is 6.10.